The van der Waals surface area contributed by atoms with Crippen molar-refractivity contribution >= 4 is 5.78 Å². The van der Waals surface area contributed by atoms with Crippen LogP contribution in [-0.4, -0.2) is 32.2 Å². The van der Waals surface area contributed by atoms with Crippen LogP contribution in [0.25, 0.3) is 0 Å². The summed E-state index contributed by atoms with van der Waals surface area (Å²) in [6.45, 7) is 0. The van der Waals surface area contributed by atoms with Crippen molar-refractivity contribution in [2.45, 2.75) is 12.8 Å². The number of ketones is 1. The second-order valence-corrected chi connectivity index (χ2v) is 4.98. The monoisotopic (exact) mass is 316 g/mol. The molecule has 23 heavy (non-hydrogen) atoms. The summed E-state index contributed by atoms with van der Waals surface area (Å²) in [5.41, 5.74) is 1.39. The lowest BCUT2D eigenvalue weighted by Gasteiger charge is -2.13. The van der Waals surface area contributed by atoms with Gasteiger partial charge < -0.3 is 19.3 Å². The predicted molar refractivity (Wildman–Crippen MR) is 86.9 cm³/mol. The molecule has 0 radical (unpaired) electrons. The molecule has 0 unspecified atom stereocenters. The van der Waals surface area contributed by atoms with E-state index in [0.29, 0.717) is 35.7 Å². The fourth-order valence-corrected chi connectivity index (χ4v) is 2.38. The van der Waals surface area contributed by atoms with Crippen molar-refractivity contribution in [2.75, 3.05) is 21.3 Å². The summed E-state index contributed by atoms with van der Waals surface area (Å²) in [5, 5.41) is 9.65. The van der Waals surface area contributed by atoms with Gasteiger partial charge in [0.1, 0.15) is 23.0 Å². The van der Waals surface area contributed by atoms with Crippen LogP contribution < -0.4 is 14.2 Å². The van der Waals surface area contributed by atoms with Gasteiger partial charge >= 0.3 is 0 Å². The lowest BCUT2D eigenvalue weighted by Crippen LogP contribution is -2.04. The summed E-state index contributed by atoms with van der Waals surface area (Å²) in [7, 11) is 4.62. The minimum Gasteiger partial charge on any atom is -0.508 e. The molecule has 5 nitrogen and oxygen atoms in total. The van der Waals surface area contributed by atoms with Gasteiger partial charge in [0.15, 0.2) is 5.78 Å². The van der Waals surface area contributed by atoms with E-state index in [4.69, 9.17) is 14.2 Å². The minimum absolute atomic E-state index is 0.0184. The fourth-order valence-electron chi connectivity index (χ4n) is 2.38. The molecule has 2 rings (SSSR count). The van der Waals surface area contributed by atoms with Crippen molar-refractivity contribution in [2.24, 2.45) is 0 Å². The normalized spacial score (nSPS) is 10.2. The zero-order chi connectivity index (χ0) is 16.8. The number of benzene rings is 2. The number of ether oxygens (including phenoxy) is 3. The number of phenolic OH excluding ortho intramolecular Hbond substituents is 1. The van der Waals surface area contributed by atoms with E-state index in [-0.39, 0.29) is 11.5 Å². The van der Waals surface area contributed by atoms with E-state index in [2.05, 4.69) is 0 Å². The Kier molecular flexibility index (Phi) is 5.46. The van der Waals surface area contributed by atoms with Crippen LogP contribution in [0, 0.1) is 0 Å². The Labute approximate surface area is 135 Å². The Bertz CT molecular complexity index is 651. The van der Waals surface area contributed by atoms with E-state index in [9.17, 15) is 9.90 Å². The summed E-state index contributed by atoms with van der Waals surface area (Å²) < 4.78 is 15.6. The van der Waals surface area contributed by atoms with Gasteiger partial charge in [0.05, 0.1) is 21.3 Å². The SMILES string of the molecule is COc1ccc(C(=O)CCc2c(OC)cc(O)cc2OC)cc1. The number of hydrogen-bond donors (Lipinski definition) is 1. The summed E-state index contributed by atoms with van der Waals surface area (Å²) in [6, 6.07) is 10.0. The van der Waals surface area contributed by atoms with E-state index >= 15 is 0 Å². The summed E-state index contributed by atoms with van der Waals surface area (Å²) in [4.78, 5) is 12.3. The summed E-state index contributed by atoms with van der Waals surface area (Å²) in [5.74, 6) is 1.80. The van der Waals surface area contributed by atoms with Crippen molar-refractivity contribution < 1.29 is 24.1 Å². The van der Waals surface area contributed by atoms with Gasteiger partial charge in [-0.15, -0.1) is 0 Å². The van der Waals surface area contributed by atoms with Crippen LogP contribution in [-0.2, 0) is 6.42 Å². The van der Waals surface area contributed by atoms with Gasteiger partial charge in [-0.25, -0.2) is 0 Å². The second kappa shape index (κ2) is 7.54. The first kappa shape index (κ1) is 16.7. The van der Waals surface area contributed by atoms with Crippen molar-refractivity contribution in [3.63, 3.8) is 0 Å². The largest absolute Gasteiger partial charge is 0.508 e. The first-order valence-corrected chi connectivity index (χ1v) is 7.20. The van der Waals surface area contributed by atoms with Crippen molar-refractivity contribution in [1.82, 2.24) is 0 Å². The molecule has 122 valence electrons. The number of carbonyl (C=O) groups is 1. The Hall–Kier alpha value is -2.69. The predicted octanol–water partition coefficient (Wildman–Crippen LogP) is 3.23. The first-order chi connectivity index (χ1) is 11.1. The number of hydrogen-bond acceptors (Lipinski definition) is 5. The highest BCUT2D eigenvalue weighted by atomic mass is 16.5. The molecule has 0 fully saturated rings. The van der Waals surface area contributed by atoms with E-state index in [1.165, 1.54) is 26.4 Å². The second-order valence-electron chi connectivity index (χ2n) is 4.98. The highest BCUT2D eigenvalue weighted by Gasteiger charge is 2.15. The van der Waals surface area contributed by atoms with Crippen molar-refractivity contribution in [1.29, 1.82) is 0 Å². The third-order valence-electron chi connectivity index (χ3n) is 3.61. The molecule has 2 aromatic carbocycles. The summed E-state index contributed by atoms with van der Waals surface area (Å²) >= 11 is 0. The lowest BCUT2D eigenvalue weighted by atomic mass is 10.0. The topological polar surface area (TPSA) is 65.0 Å². The van der Waals surface area contributed by atoms with E-state index in [1.807, 2.05) is 0 Å². The minimum atomic E-state index is 0.0184. The molecule has 0 aromatic heterocycles. The molecule has 5 heteroatoms. The summed E-state index contributed by atoms with van der Waals surface area (Å²) in [6.07, 6.45) is 0.765. The number of rotatable bonds is 7. The average molecular weight is 316 g/mol. The quantitative estimate of drug-likeness (QED) is 0.794. The van der Waals surface area contributed by atoms with Crippen LogP contribution in [0.1, 0.15) is 22.3 Å². The van der Waals surface area contributed by atoms with Crippen LogP contribution in [0.3, 0.4) is 0 Å². The number of carbonyl (C=O) groups excluding carboxylic acids is 1. The number of methoxy groups -OCH3 is 3. The molecule has 0 saturated heterocycles. The van der Waals surface area contributed by atoms with Gasteiger partial charge in [0.25, 0.3) is 0 Å². The molecule has 0 atom stereocenters. The molecular weight excluding hydrogens is 296 g/mol. The smallest absolute Gasteiger partial charge is 0.163 e. The molecule has 0 spiro atoms. The van der Waals surface area contributed by atoms with E-state index < -0.39 is 0 Å². The number of aromatic hydroxyl groups is 1. The van der Waals surface area contributed by atoms with Crippen LogP contribution in [0.15, 0.2) is 36.4 Å². The maximum absolute atomic E-state index is 12.3. The third kappa shape index (κ3) is 3.94. The van der Waals surface area contributed by atoms with Crippen molar-refractivity contribution in [3.8, 4) is 23.0 Å². The Morgan fingerprint density at radius 2 is 1.52 bits per heavy atom. The molecule has 0 aliphatic carbocycles. The van der Waals surface area contributed by atoms with Crippen LogP contribution in [0.4, 0.5) is 0 Å². The van der Waals surface area contributed by atoms with E-state index in [1.54, 1.807) is 31.4 Å². The van der Waals surface area contributed by atoms with E-state index in [0.717, 1.165) is 5.56 Å². The van der Waals surface area contributed by atoms with Gasteiger partial charge in [0.2, 0.25) is 0 Å². The van der Waals surface area contributed by atoms with Crippen LogP contribution in [0.5, 0.6) is 23.0 Å². The maximum atomic E-state index is 12.3. The average Bonchev–Trinajstić information content (AvgIpc) is 2.59. The lowest BCUT2D eigenvalue weighted by molar-refractivity contribution is 0.0982. The molecular formula is C18H20O5. The Morgan fingerprint density at radius 1 is 0.957 bits per heavy atom. The standard InChI is InChI=1S/C18H20O5/c1-21-14-6-4-12(5-7-14)16(20)9-8-15-17(22-2)10-13(19)11-18(15)23-3/h4-7,10-11,19H,8-9H2,1-3H3. The zero-order valence-electron chi connectivity index (χ0n) is 13.5. The zero-order valence-corrected chi connectivity index (χ0v) is 13.5. The molecule has 0 bridgehead atoms. The van der Waals surface area contributed by atoms with Crippen molar-refractivity contribution in [3.05, 3.63) is 47.5 Å². The van der Waals surface area contributed by atoms with Gasteiger partial charge in [-0.3, -0.25) is 4.79 Å². The van der Waals surface area contributed by atoms with Gasteiger partial charge in [-0.1, -0.05) is 0 Å². The Balaban J connectivity index is 2.14. The van der Waals surface area contributed by atoms with Crippen LogP contribution in [0.2, 0.25) is 0 Å². The molecule has 0 amide bonds. The molecule has 0 heterocycles. The molecule has 0 aliphatic heterocycles. The third-order valence-corrected chi connectivity index (χ3v) is 3.61. The first-order valence-electron chi connectivity index (χ1n) is 7.20. The van der Waals surface area contributed by atoms with Gasteiger partial charge in [0, 0.05) is 29.7 Å². The highest BCUT2D eigenvalue weighted by molar-refractivity contribution is 5.96. The molecule has 0 aliphatic rings. The van der Waals surface area contributed by atoms with Crippen LogP contribution >= 0.6 is 0 Å². The van der Waals surface area contributed by atoms with Gasteiger partial charge in [-0.2, -0.15) is 0 Å². The van der Waals surface area contributed by atoms with Gasteiger partial charge in [-0.05, 0) is 30.7 Å². The molecule has 1 N–H and O–H groups in total. The fraction of sp³-hybridized carbons (Fsp3) is 0.278. The molecule has 0 saturated carbocycles. The molecule has 2 aromatic rings. The Morgan fingerprint density at radius 3 is 2.00 bits per heavy atom. The highest BCUT2D eigenvalue weighted by Crippen LogP contribution is 2.34. The maximum Gasteiger partial charge on any atom is 0.163 e. The number of Topliss-reactive ketones (excluding diaryl/α,β-unsaturated/α-hetero) is 1. The number of phenols is 1.